The smallest absolute Gasteiger partial charge is 0.135 e. The van der Waals surface area contributed by atoms with E-state index in [2.05, 4.69) is 169 Å². The topological polar surface area (TPSA) is 16.4 Å². The van der Waals surface area contributed by atoms with E-state index in [0.717, 1.165) is 39.0 Å². The number of fused-ring (bicyclic) bond motifs is 3. The first-order valence-electron chi connectivity index (χ1n) is 14.9. The third-order valence-corrected chi connectivity index (χ3v) is 8.30. The van der Waals surface area contributed by atoms with Crippen molar-refractivity contribution in [3.05, 3.63) is 176 Å². The highest BCUT2D eigenvalue weighted by molar-refractivity contribution is 6.06. The lowest BCUT2D eigenvalue weighted by Gasteiger charge is -2.26. The molecule has 0 N–H and O–H groups in total. The minimum atomic E-state index is 0.920. The SMILES string of the molecule is c1ccc(-c2ccc(N(c3ccccc3)c3ccc(-c4ccc(-c5ccc6oc7ccccc7c6c5)cc4)cc3)cc2)cc1. The highest BCUT2D eigenvalue weighted by Gasteiger charge is 2.13. The van der Waals surface area contributed by atoms with Gasteiger partial charge in [0.1, 0.15) is 11.2 Å². The molecule has 1 aromatic heterocycles. The molecule has 7 aromatic carbocycles. The number of nitrogens with zero attached hydrogens (tertiary/aromatic N) is 1. The summed E-state index contributed by atoms with van der Waals surface area (Å²) in [5, 5.41) is 2.30. The van der Waals surface area contributed by atoms with Gasteiger partial charge in [-0.25, -0.2) is 0 Å². The zero-order valence-electron chi connectivity index (χ0n) is 24.1. The first kappa shape index (κ1) is 25.8. The zero-order chi connectivity index (χ0) is 29.3. The Morgan fingerprint density at radius 3 is 1.32 bits per heavy atom. The molecular formula is C42H29NO. The van der Waals surface area contributed by atoms with Crippen LogP contribution in [0.5, 0.6) is 0 Å². The number of rotatable bonds is 6. The average molecular weight is 564 g/mol. The van der Waals surface area contributed by atoms with Gasteiger partial charge in [-0.1, -0.05) is 121 Å². The quantitative estimate of drug-likeness (QED) is 0.200. The molecule has 0 saturated heterocycles. The monoisotopic (exact) mass is 563 g/mol. The van der Waals surface area contributed by atoms with Crippen molar-refractivity contribution in [2.45, 2.75) is 0 Å². The summed E-state index contributed by atoms with van der Waals surface area (Å²) in [4.78, 5) is 2.30. The third-order valence-electron chi connectivity index (χ3n) is 8.30. The van der Waals surface area contributed by atoms with Crippen molar-refractivity contribution in [1.29, 1.82) is 0 Å². The van der Waals surface area contributed by atoms with Crippen LogP contribution in [0.3, 0.4) is 0 Å². The van der Waals surface area contributed by atoms with Crippen LogP contribution in [0.2, 0.25) is 0 Å². The van der Waals surface area contributed by atoms with E-state index in [1.807, 2.05) is 12.1 Å². The van der Waals surface area contributed by atoms with E-state index in [9.17, 15) is 0 Å². The zero-order valence-corrected chi connectivity index (χ0v) is 24.1. The highest BCUT2D eigenvalue weighted by Crippen LogP contribution is 2.37. The molecule has 0 atom stereocenters. The fourth-order valence-electron chi connectivity index (χ4n) is 6.02. The second-order valence-corrected chi connectivity index (χ2v) is 11.0. The maximum absolute atomic E-state index is 6.02. The summed E-state index contributed by atoms with van der Waals surface area (Å²) in [5.74, 6) is 0. The standard InChI is InChI=1S/C42H29NO/c1-3-9-30(10-4-1)32-19-24-37(25-20-32)43(36-11-5-2-6-12-36)38-26-21-33(22-27-38)31-15-17-34(18-16-31)35-23-28-42-40(29-35)39-13-7-8-14-41(39)44-42/h1-29H. The normalized spacial score (nSPS) is 11.2. The van der Waals surface area contributed by atoms with Crippen molar-refractivity contribution >= 4 is 39.0 Å². The van der Waals surface area contributed by atoms with Gasteiger partial charge < -0.3 is 9.32 Å². The summed E-state index contributed by atoms with van der Waals surface area (Å²) in [6.45, 7) is 0. The molecule has 0 aliphatic carbocycles. The molecule has 8 rings (SSSR count). The first-order chi connectivity index (χ1) is 21.8. The molecule has 208 valence electrons. The van der Waals surface area contributed by atoms with Crippen LogP contribution in [0.1, 0.15) is 0 Å². The molecule has 0 aliphatic rings. The fourth-order valence-corrected chi connectivity index (χ4v) is 6.02. The van der Waals surface area contributed by atoms with Crippen molar-refractivity contribution in [2.75, 3.05) is 4.90 Å². The van der Waals surface area contributed by atoms with Crippen LogP contribution in [0.25, 0.3) is 55.3 Å². The van der Waals surface area contributed by atoms with Crippen LogP contribution in [0.4, 0.5) is 17.1 Å². The Hall–Kier alpha value is -5.86. The summed E-state index contributed by atoms with van der Waals surface area (Å²) in [6, 6.07) is 62.2. The summed E-state index contributed by atoms with van der Waals surface area (Å²) < 4.78 is 6.02. The lowest BCUT2D eigenvalue weighted by Crippen LogP contribution is -2.09. The van der Waals surface area contributed by atoms with Gasteiger partial charge in [0.15, 0.2) is 0 Å². The number of hydrogen-bond acceptors (Lipinski definition) is 2. The molecule has 0 bridgehead atoms. The predicted octanol–water partition coefficient (Wildman–Crippen LogP) is 12.1. The molecule has 0 radical (unpaired) electrons. The maximum Gasteiger partial charge on any atom is 0.135 e. The average Bonchev–Trinajstić information content (AvgIpc) is 3.48. The van der Waals surface area contributed by atoms with E-state index in [1.165, 1.54) is 33.4 Å². The van der Waals surface area contributed by atoms with Gasteiger partial charge in [0, 0.05) is 27.8 Å². The number of anilines is 3. The van der Waals surface area contributed by atoms with E-state index in [1.54, 1.807) is 0 Å². The summed E-state index contributed by atoms with van der Waals surface area (Å²) >= 11 is 0. The van der Waals surface area contributed by atoms with Gasteiger partial charge in [-0.2, -0.15) is 0 Å². The molecule has 0 aliphatic heterocycles. The van der Waals surface area contributed by atoms with Gasteiger partial charge in [-0.05, 0) is 88.0 Å². The van der Waals surface area contributed by atoms with Crippen molar-refractivity contribution < 1.29 is 4.42 Å². The summed E-state index contributed by atoms with van der Waals surface area (Å²) in [5.41, 5.74) is 12.4. The molecule has 0 spiro atoms. The van der Waals surface area contributed by atoms with Gasteiger partial charge in [-0.15, -0.1) is 0 Å². The van der Waals surface area contributed by atoms with Crippen LogP contribution in [0.15, 0.2) is 180 Å². The fraction of sp³-hybridized carbons (Fsp3) is 0. The third kappa shape index (κ3) is 4.83. The predicted molar refractivity (Wildman–Crippen MR) is 185 cm³/mol. The Kier molecular flexibility index (Phi) is 6.51. The van der Waals surface area contributed by atoms with Crippen molar-refractivity contribution in [3.8, 4) is 33.4 Å². The van der Waals surface area contributed by atoms with Gasteiger partial charge in [-0.3, -0.25) is 0 Å². The van der Waals surface area contributed by atoms with Crippen LogP contribution in [-0.4, -0.2) is 0 Å². The highest BCUT2D eigenvalue weighted by atomic mass is 16.3. The molecule has 0 amide bonds. The van der Waals surface area contributed by atoms with E-state index >= 15 is 0 Å². The van der Waals surface area contributed by atoms with Crippen LogP contribution in [0, 0.1) is 0 Å². The molecule has 44 heavy (non-hydrogen) atoms. The molecule has 1 heterocycles. The Labute approximate surface area is 257 Å². The largest absolute Gasteiger partial charge is 0.456 e. The van der Waals surface area contributed by atoms with Crippen LogP contribution in [-0.2, 0) is 0 Å². The Morgan fingerprint density at radius 2 is 0.705 bits per heavy atom. The van der Waals surface area contributed by atoms with Crippen LogP contribution >= 0.6 is 0 Å². The van der Waals surface area contributed by atoms with Gasteiger partial charge >= 0.3 is 0 Å². The molecule has 0 fully saturated rings. The van der Waals surface area contributed by atoms with Gasteiger partial charge in [0.05, 0.1) is 0 Å². The Morgan fingerprint density at radius 1 is 0.295 bits per heavy atom. The number of furan rings is 1. The first-order valence-corrected chi connectivity index (χ1v) is 14.9. The summed E-state index contributed by atoms with van der Waals surface area (Å²) in [6.07, 6.45) is 0. The molecule has 8 aromatic rings. The number of hydrogen-bond donors (Lipinski definition) is 0. The molecular weight excluding hydrogens is 534 g/mol. The summed E-state index contributed by atoms with van der Waals surface area (Å²) in [7, 11) is 0. The molecule has 2 nitrogen and oxygen atoms in total. The van der Waals surface area contributed by atoms with Crippen LogP contribution < -0.4 is 4.90 Å². The van der Waals surface area contributed by atoms with Gasteiger partial charge in [0.25, 0.3) is 0 Å². The number of benzene rings is 7. The van der Waals surface area contributed by atoms with Crippen molar-refractivity contribution in [3.63, 3.8) is 0 Å². The van der Waals surface area contributed by atoms with Crippen molar-refractivity contribution in [2.24, 2.45) is 0 Å². The molecule has 0 saturated carbocycles. The second kappa shape index (κ2) is 11.1. The van der Waals surface area contributed by atoms with Crippen molar-refractivity contribution in [1.82, 2.24) is 0 Å². The Balaban J connectivity index is 1.08. The second-order valence-electron chi connectivity index (χ2n) is 11.0. The minimum absolute atomic E-state index is 0.920. The number of para-hydroxylation sites is 2. The maximum atomic E-state index is 6.02. The minimum Gasteiger partial charge on any atom is -0.456 e. The molecule has 0 unspecified atom stereocenters. The van der Waals surface area contributed by atoms with E-state index in [4.69, 9.17) is 4.42 Å². The van der Waals surface area contributed by atoms with E-state index in [0.29, 0.717) is 0 Å². The van der Waals surface area contributed by atoms with E-state index < -0.39 is 0 Å². The lowest BCUT2D eigenvalue weighted by atomic mass is 9.99. The lowest BCUT2D eigenvalue weighted by molar-refractivity contribution is 0.669. The van der Waals surface area contributed by atoms with E-state index in [-0.39, 0.29) is 0 Å². The Bertz CT molecular complexity index is 2180. The molecule has 2 heteroatoms. The van der Waals surface area contributed by atoms with Gasteiger partial charge in [0.2, 0.25) is 0 Å².